The van der Waals surface area contributed by atoms with Gasteiger partial charge in [-0.2, -0.15) is 0 Å². The molecule has 0 saturated heterocycles. The molecular weight excluding hydrogens is 292 g/mol. The standard InChI is InChI=1S/C15H20O5S/c1-10(2)8-20-15(18)11(3)21(19)9-12-5-4-6-13(7-12)14(16)17/h4-7,10-11H,8-9H2,1-3H3,(H,16,17). The highest BCUT2D eigenvalue weighted by molar-refractivity contribution is 7.85. The second-order valence-corrected chi connectivity index (χ2v) is 6.95. The third kappa shape index (κ3) is 5.67. The van der Waals surface area contributed by atoms with Crippen LogP contribution in [-0.4, -0.2) is 33.1 Å². The number of carbonyl (C=O) groups is 2. The third-order valence-electron chi connectivity index (χ3n) is 2.77. The summed E-state index contributed by atoms with van der Waals surface area (Å²) in [5.41, 5.74) is 0.760. The molecule has 0 aliphatic heterocycles. The number of benzene rings is 1. The van der Waals surface area contributed by atoms with Gasteiger partial charge in [0.2, 0.25) is 0 Å². The molecule has 1 aromatic rings. The number of carboxylic acids is 1. The van der Waals surface area contributed by atoms with Gasteiger partial charge in [-0.05, 0) is 30.5 Å². The van der Waals surface area contributed by atoms with Crippen molar-refractivity contribution >= 4 is 22.7 Å². The largest absolute Gasteiger partial charge is 0.478 e. The first-order chi connectivity index (χ1) is 9.81. The molecular formula is C15H20O5S. The van der Waals surface area contributed by atoms with Crippen LogP contribution in [0.25, 0.3) is 0 Å². The Hall–Kier alpha value is -1.69. The van der Waals surface area contributed by atoms with Gasteiger partial charge in [0, 0.05) is 16.6 Å². The van der Waals surface area contributed by atoms with Crippen LogP contribution in [0.1, 0.15) is 36.7 Å². The van der Waals surface area contributed by atoms with Crippen LogP contribution in [0.5, 0.6) is 0 Å². The van der Waals surface area contributed by atoms with Gasteiger partial charge in [0.25, 0.3) is 0 Å². The van der Waals surface area contributed by atoms with E-state index in [1.807, 2.05) is 13.8 Å². The Morgan fingerprint density at radius 2 is 1.95 bits per heavy atom. The highest BCUT2D eigenvalue weighted by Crippen LogP contribution is 2.11. The maximum atomic E-state index is 12.1. The van der Waals surface area contributed by atoms with E-state index in [-0.39, 0.29) is 17.2 Å². The molecule has 1 aromatic carbocycles. The molecule has 0 aliphatic rings. The average Bonchev–Trinajstić information content (AvgIpc) is 2.44. The average molecular weight is 312 g/mol. The Labute approximate surface area is 126 Å². The fourth-order valence-electron chi connectivity index (χ4n) is 1.56. The summed E-state index contributed by atoms with van der Waals surface area (Å²) < 4.78 is 17.2. The van der Waals surface area contributed by atoms with Crippen molar-refractivity contribution < 1.29 is 23.6 Å². The van der Waals surface area contributed by atoms with Gasteiger partial charge >= 0.3 is 11.9 Å². The molecule has 21 heavy (non-hydrogen) atoms. The quantitative estimate of drug-likeness (QED) is 0.781. The van der Waals surface area contributed by atoms with Crippen molar-refractivity contribution in [1.82, 2.24) is 0 Å². The van der Waals surface area contributed by atoms with Gasteiger partial charge in [0.05, 0.1) is 12.2 Å². The van der Waals surface area contributed by atoms with Gasteiger partial charge in [-0.25, -0.2) is 4.79 Å². The molecule has 0 fully saturated rings. The SMILES string of the molecule is CC(C)COC(=O)C(C)S(=O)Cc1cccc(C(=O)O)c1. The van der Waals surface area contributed by atoms with E-state index in [9.17, 15) is 13.8 Å². The normalized spacial score (nSPS) is 13.7. The lowest BCUT2D eigenvalue weighted by molar-refractivity contribution is -0.143. The van der Waals surface area contributed by atoms with E-state index in [2.05, 4.69) is 0 Å². The van der Waals surface area contributed by atoms with E-state index in [4.69, 9.17) is 9.84 Å². The molecule has 1 rings (SSSR count). The van der Waals surface area contributed by atoms with Crippen molar-refractivity contribution in [2.75, 3.05) is 6.61 Å². The van der Waals surface area contributed by atoms with Crippen LogP contribution < -0.4 is 0 Å². The fourth-order valence-corrected chi connectivity index (χ4v) is 2.60. The van der Waals surface area contributed by atoms with Gasteiger partial charge in [0.15, 0.2) is 0 Å². The summed E-state index contributed by atoms with van der Waals surface area (Å²) in [6.45, 7) is 5.70. The number of carboxylic acid groups (broad SMARTS) is 1. The maximum absolute atomic E-state index is 12.1. The molecule has 116 valence electrons. The zero-order valence-corrected chi connectivity index (χ0v) is 13.2. The molecule has 5 nitrogen and oxygen atoms in total. The summed E-state index contributed by atoms with van der Waals surface area (Å²) in [5, 5.41) is 8.17. The second kappa shape index (κ2) is 7.93. The molecule has 0 spiro atoms. The summed E-state index contributed by atoms with van der Waals surface area (Å²) in [4.78, 5) is 22.6. The molecule has 6 heteroatoms. The molecule has 0 saturated carbocycles. The molecule has 1 N–H and O–H groups in total. The van der Waals surface area contributed by atoms with Crippen LogP contribution in [0.2, 0.25) is 0 Å². The van der Waals surface area contributed by atoms with Gasteiger partial charge < -0.3 is 9.84 Å². The molecule has 0 radical (unpaired) electrons. The predicted molar refractivity (Wildman–Crippen MR) is 80.5 cm³/mol. The van der Waals surface area contributed by atoms with Crippen molar-refractivity contribution in [3.05, 3.63) is 35.4 Å². The minimum Gasteiger partial charge on any atom is -0.478 e. The molecule has 0 heterocycles. The van der Waals surface area contributed by atoms with Crippen molar-refractivity contribution in [2.24, 2.45) is 5.92 Å². The Morgan fingerprint density at radius 3 is 2.52 bits per heavy atom. The Morgan fingerprint density at radius 1 is 1.29 bits per heavy atom. The van der Waals surface area contributed by atoms with E-state index < -0.39 is 28.0 Å². The molecule has 0 aromatic heterocycles. The lowest BCUT2D eigenvalue weighted by atomic mass is 10.1. The van der Waals surface area contributed by atoms with Gasteiger partial charge in [-0.15, -0.1) is 0 Å². The summed E-state index contributed by atoms with van der Waals surface area (Å²) in [7, 11) is -1.45. The number of carbonyl (C=O) groups excluding carboxylic acids is 1. The third-order valence-corrected chi connectivity index (χ3v) is 4.37. The van der Waals surface area contributed by atoms with Crippen molar-refractivity contribution in [1.29, 1.82) is 0 Å². The molecule has 0 amide bonds. The van der Waals surface area contributed by atoms with Crippen LogP contribution >= 0.6 is 0 Å². The van der Waals surface area contributed by atoms with Gasteiger partial charge in [-0.3, -0.25) is 9.00 Å². The predicted octanol–water partition coefficient (Wildman–Crippen LogP) is 2.22. The molecule has 2 atom stereocenters. The Kier molecular flexibility index (Phi) is 6.55. The maximum Gasteiger partial charge on any atom is 0.335 e. The van der Waals surface area contributed by atoms with E-state index in [0.29, 0.717) is 12.2 Å². The minimum absolute atomic E-state index is 0.124. The molecule has 0 bridgehead atoms. The first kappa shape index (κ1) is 17.4. The number of hydrogen-bond donors (Lipinski definition) is 1. The van der Waals surface area contributed by atoms with Crippen LogP contribution in [-0.2, 0) is 26.1 Å². The molecule has 0 aliphatic carbocycles. The zero-order valence-electron chi connectivity index (χ0n) is 12.4. The highest BCUT2D eigenvalue weighted by atomic mass is 32.2. The highest BCUT2D eigenvalue weighted by Gasteiger charge is 2.22. The molecule has 2 unspecified atom stereocenters. The van der Waals surface area contributed by atoms with Crippen LogP contribution in [0, 0.1) is 5.92 Å². The first-order valence-corrected chi connectivity index (χ1v) is 8.05. The summed E-state index contributed by atoms with van der Waals surface area (Å²) in [5.74, 6) is -1.18. The topological polar surface area (TPSA) is 80.7 Å². The van der Waals surface area contributed by atoms with Crippen molar-refractivity contribution in [2.45, 2.75) is 31.8 Å². The lowest BCUT2D eigenvalue weighted by Gasteiger charge is -2.13. The number of ether oxygens (including phenoxy) is 1. The van der Waals surface area contributed by atoms with E-state index in [1.165, 1.54) is 12.1 Å². The number of esters is 1. The number of rotatable bonds is 7. The van der Waals surface area contributed by atoms with E-state index in [0.717, 1.165) is 0 Å². The van der Waals surface area contributed by atoms with E-state index >= 15 is 0 Å². The lowest BCUT2D eigenvalue weighted by Crippen LogP contribution is -2.27. The van der Waals surface area contributed by atoms with E-state index in [1.54, 1.807) is 19.1 Å². The Balaban J connectivity index is 2.65. The van der Waals surface area contributed by atoms with Crippen LogP contribution in [0.15, 0.2) is 24.3 Å². The zero-order chi connectivity index (χ0) is 16.0. The summed E-state index contributed by atoms with van der Waals surface area (Å²) >= 11 is 0. The summed E-state index contributed by atoms with van der Waals surface area (Å²) in [6.07, 6.45) is 0. The van der Waals surface area contributed by atoms with Crippen LogP contribution in [0.4, 0.5) is 0 Å². The smallest absolute Gasteiger partial charge is 0.335 e. The fraction of sp³-hybridized carbons (Fsp3) is 0.467. The second-order valence-electron chi connectivity index (χ2n) is 5.20. The number of aromatic carboxylic acids is 1. The van der Waals surface area contributed by atoms with Gasteiger partial charge in [-0.1, -0.05) is 26.0 Å². The monoisotopic (exact) mass is 312 g/mol. The van der Waals surface area contributed by atoms with Crippen LogP contribution in [0.3, 0.4) is 0 Å². The van der Waals surface area contributed by atoms with Gasteiger partial charge in [0.1, 0.15) is 5.25 Å². The minimum atomic E-state index is -1.45. The number of hydrogen-bond acceptors (Lipinski definition) is 4. The van der Waals surface area contributed by atoms with Crippen molar-refractivity contribution in [3.63, 3.8) is 0 Å². The van der Waals surface area contributed by atoms with Crippen molar-refractivity contribution in [3.8, 4) is 0 Å². The summed E-state index contributed by atoms with van der Waals surface area (Å²) in [6, 6.07) is 6.22. The Bertz CT molecular complexity index is 539. The first-order valence-electron chi connectivity index (χ1n) is 6.67.